The number of carbonyl (C=O) groups is 4. The van der Waals surface area contributed by atoms with Gasteiger partial charge in [0.25, 0.3) is 5.91 Å². The van der Waals surface area contributed by atoms with E-state index >= 15 is 0 Å². The molecule has 1 rings (SSSR count). The third-order valence-corrected chi connectivity index (χ3v) is 2.84. The van der Waals surface area contributed by atoms with E-state index < -0.39 is 42.0 Å². The van der Waals surface area contributed by atoms with Gasteiger partial charge in [-0.15, -0.1) is 0 Å². The summed E-state index contributed by atoms with van der Waals surface area (Å²) < 4.78 is 9.58. The molecule has 0 aromatic heterocycles. The van der Waals surface area contributed by atoms with Crippen LogP contribution in [0.1, 0.15) is 27.2 Å². The largest absolute Gasteiger partial charge is 0.469 e. The lowest BCUT2D eigenvalue weighted by atomic mass is 10.1. The predicted octanol–water partition coefficient (Wildman–Crippen LogP) is 0.553. The summed E-state index contributed by atoms with van der Waals surface area (Å²) >= 11 is 0. The Balaban J connectivity index is 2.89. The zero-order valence-electron chi connectivity index (χ0n) is 13.4. The second-order valence-corrected chi connectivity index (χ2v) is 5.84. The first-order chi connectivity index (χ1) is 10.5. The molecule has 9 heteroatoms. The lowest BCUT2D eigenvalue weighted by Crippen LogP contribution is -2.52. The molecule has 2 amide bonds. The zero-order valence-corrected chi connectivity index (χ0v) is 13.4. The topological polar surface area (TPSA) is 113 Å². The van der Waals surface area contributed by atoms with Crippen molar-refractivity contribution in [3.63, 3.8) is 0 Å². The van der Waals surface area contributed by atoms with Gasteiger partial charge in [0.1, 0.15) is 18.2 Å². The molecule has 23 heavy (non-hydrogen) atoms. The van der Waals surface area contributed by atoms with Crippen LogP contribution in [0.15, 0.2) is 12.4 Å². The second-order valence-electron chi connectivity index (χ2n) is 5.84. The average Bonchev–Trinajstić information content (AvgIpc) is 2.40. The van der Waals surface area contributed by atoms with Crippen molar-refractivity contribution >= 4 is 23.9 Å². The maximum Gasteiger partial charge on any atom is 0.412 e. The summed E-state index contributed by atoms with van der Waals surface area (Å²) in [4.78, 5) is 48.4. The second kappa shape index (κ2) is 7.12. The third kappa shape index (κ3) is 5.28. The van der Waals surface area contributed by atoms with Gasteiger partial charge >= 0.3 is 18.0 Å². The Kier molecular flexibility index (Phi) is 5.72. The highest BCUT2D eigenvalue weighted by Crippen LogP contribution is 2.17. The van der Waals surface area contributed by atoms with Crippen LogP contribution < -0.4 is 0 Å². The van der Waals surface area contributed by atoms with E-state index in [0.717, 1.165) is 24.4 Å². The summed E-state index contributed by atoms with van der Waals surface area (Å²) in [6.45, 7) is 4.68. The molecule has 1 N–H and O–H groups in total. The predicted molar refractivity (Wildman–Crippen MR) is 77.0 cm³/mol. The minimum atomic E-state index is -1.39. The molecule has 0 bridgehead atoms. The highest BCUT2D eigenvalue weighted by Gasteiger charge is 2.37. The van der Waals surface area contributed by atoms with E-state index in [4.69, 9.17) is 9.84 Å². The molecular weight excluding hydrogens is 308 g/mol. The highest BCUT2D eigenvalue weighted by atomic mass is 16.6. The van der Waals surface area contributed by atoms with Gasteiger partial charge in [0.2, 0.25) is 0 Å². The molecule has 0 aromatic carbocycles. The first-order valence-corrected chi connectivity index (χ1v) is 6.84. The molecular formula is C14H20N2O7. The van der Waals surface area contributed by atoms with Crippen molar-refractivity contribution in [2.24, 2.45) is 0 Å². The number of amides is 2. The maximum atomic E-state index is 12.3. The van der Waals surface area contributed by atoms with Crippen molar-refractivity contribution in [2.45, 2.75) is 38.8 Å². The third-order valence-electron chi connectivity index (χ3n) is 2.84. The van der Waals surface area contributed by atoms with Crippen LogP contribution in [0.4, 0.5) is 4.79 Å². The Morgan fingerprint density at radius 1 is 1.22 bits per heavy atom. The van der Waals surface area contributed by atoms with E-state index in [1.807, 2.05) is 0 Å². The number of carbonyl (C=O) groups excluding carboxylic acids is 3. The van der Waals surface area contributed by atoms with E-state index in [2.05, 4.69) is 4.74 Å². The van der Waals surface area contributed by atoms with Gasteiger partial charge in [-0.2, -0.15) is 0 Å². The molecule has 0 aromatic rings. The Labute approximate surface area is 133 Å². The van der Waals surface area contributed by atoms with Gasteiger partial charge < -0.3 is 19.5 Å². The lowest BCUT2D eigenvalue weighted by Gasteiger charge is -2.33. The zero-order chi connectivity index (χ0) is 17.8. The van der Waals surface area contributed by atoms with Crippen LogP contribution in [0.3, 0.4) is 0 Å². The molecule has 1 atom stereocenters. The molecule has 0 radical (unpaired) electrons. The van der Waals surface area contributed by atoms with Gasteiger partial charge in [-0.05, 0) is 20.8 Å². The van der Waals surface area contributed by atoms with Crippen LogP contribution in [0, 0.1) is 0 Å². The van der Waals surface area contributed by atoms with E-state index in [9.17, 15) is 19.2 Å². The van der Waals surface area contributed by atoms with Gasteiger partial charge in [-0.1, -0.05) is 0 Å². The fraction of sp³-hybridized carbons (Fsp3) is 0.571. The van der Waals surface area contributed by atoms with Crippen LogP contribution in [0.2, 0.25) is 0 Å². The molecule has 128 valence electrons. The summed E-state index contributed by atoms with van der Waals surface area (Å²) in [7, 11) is 1.13. The molecule has 0 saturated heterocycles. The molecule has 1 heterocycles. The maximum absolute atomic E-state index is 12.3. The molecule has 1 aliphatic rings. The number of hydrogen-bond donors (Lipinski definition) is 1. The smallest absolute Gasteiger partial charge is 0.412 e. The first kappa shape index (κ1) is 18.5. The normalized spacial score (nSPS) is 17.9. The van der Waals surface area contributed by atoms with Crippen LogP contribution >= 0.6 is 0 Å². The summed E-state index contributed by atoms with van der Waals surface area (Å²) in [6.07, 6.45) is 0.438. The summed E-state index contributed by atoms with van der Waals surface area (Å²) in [5.41, 5.74) is -0.710. The van der Waals surface area contributed by atoms with Gasteiger partial charge in [0.05, 0.1) is 13.5 Å². The molecule has 1 aliphatic heterocycles. The van der Waals surface area contributed by atoms with Gasteiger partial charge in [0.15, 0.2) is 0 Å². The van der Waals surface area contributed by atoms with Crippen molar-refractivity contribution < 1.29 is 33.8 Å². The number of rotatable bonds is 4. The Morgan fingerprint density at radius 3 is 2.30 bits per heavy atom. The number of nitrogens with zero attached hydrogens (tertiary/aromatic N) is 2. The van der Waals surface area contributed by atoms with Crippen molar-refractivity contribution in [3.05, 3.63) is 12.4 Å². The molecule has 0 aliphatic carbocycles. The summed E-state index contributed by atoms with van der Waals surface area (Å²) in [6, 6.07) is -1.28. The minimum Gasteiger partial charge on any atom is -0.469 e. The Hall–Kier alpha value is -2.58. The van der Waals surface area contributed by atoms with Gasteiger partial charge in [-0.3, -0.25) is 19.3 Å². The Morgan fingerprint density at radius 2 is 1.83 bits per heavy atom. The number of ether oxygens (including phenoxy) is 2. The van der Waals surface area contributed by atoms with E-state index in [-0.39, 0.29) is 6.54 Å². The fourth-order valence-corrected chi connectivity index (χ4v) is 1.91. The number of hydrogen-bond acceptors (Lipinski definition) is 6. The number of methoxy groups -OCH3 is 1. The minimum absolute atomic E-state index is 0.377. The quantitative estimate of drug-likeness (QED) is 0.750. The number of esters is 2. The monoisotopic (exact) mass is 328 g/mol. The summed E-state index contributed by atoms with van der Waals surface area (Å²) in [5.74, 6) is -2.08. The standard InChI is InChI=1S/C14H20N2O7/c1-14(2,3)23-11(18)8-15-5-6-16(13(20)21)9(12(15)19)7-10(17)22-4/h5-6,9H,7-8H2,1-4H3,(H,20,21)/t9-/m0/s1. The van der Waals surface area contributed by atoms with Crippen molar-refractivity contribution in [2.75, 3.05) is 13.7 Å². The van der Waals surface area contributed by atoms with E-state index in [1.54, 1.807) is 20.8 Å². The summed E-state index contributed by atoms with van der Waals surface area (Å²) in [5, 5.41) is 9.09. The first-order valence-electron chi connectivity index (χ1n) is 6.84. The van der Waals surface area contributed by atoms with Gasteiger partial charge in [0, 0.05) is 12.4 Å². The lowest BCUT2D eigenvalue weighted by molar-refractivity contribution is -0.158. The SMILES string of the molecule is COC(=O)C[C@H]1C(=O)N(CC(=O)OC(C)(C)C)C=CN1C(=O)O. The van der Waals surface area contributed by atoms with E-state index in [0.29, 0.717) is 4.90 Å². The van der Waals surface area contributed by atoms with Crippen LogP contribution in [0.5, 0.6) is 0 Å². The van der Waals surface area contributed by atoms with Crippen LogP contribution in [-0.4, -0.2) is 64.1 Å². The number of carboxylic acid groups (broad SMARTS) is 1. The molecule has 9 nitrogen and oxygen atoms in total. The molecule has 0 saturated carbocycles. The molecule has 0 unspecified atom stereocenters. The van der Waals surface area contributed by atoms with Crippen molar-refractivity contribution in [1.82, 2.24) is 9.80 Å². The van der Waals surface area contributed by atoms with Crippen LogP contribution in [-0.2, 0) is 23.9 Å². The van der Waals surface area contributed by atoms with E-state index in [1.165, 1.54) is 0 Å². The fourth-order valence-electron chi connectivity index (χ4n) is 1.91. The van der Waals surface area contributed by atoms with Gasteiger partial charge in [-0.25, -0.2) is 4.79 Å². The highest BCUT2D eigenvalue weighted by molar-refractivity contribution is 5.93. The average molecular weight is 328 g/mol. The van der Waals surface area contributed by atoms with Crippen LogP contribution in [0.25, 0.3) is 0 Å². The van der Waals surface area contributed by atoms with Crippen molar-refractivity contribution in [3.8, 4) is 0 Å². The molecule has 0 spiro atoms. The molecule has 0 fully saturated rings. The Bertz CT molecular complexity index is 536. The van der Waals surface area contributed by atoms with Crippen molar-refractivity contribution in [1.29, 1.82) is 0 Å².